The smallest absolute Gasteiger partial charge is 0.416 e. The van der Waals surface area contributed by atoms with Crippen molar-refractivity contribution in [2.75, 3.05) is 6.26 Å². The molecular formula is C21H18F3NO2S. The van der Waals surface area contributed by atoms with E-state index in [2.05, 4.69) is 0 Å². The van der Waals surface area contributed by atoms with Crippen LogP contribution in [0.2, 0.25) is 0 Å². The highest BCUT2D eigenvalue weighted by atomic mass is 32.2. The van der Waals surface area contributed by atoms with Crippen LogP contribution in [0.1, 0.15) is 22.4 Å². The van der Waals surface area contributed by atoms with Crippen molar-refractivity contribution in [3.05, 3.63) is 64.8 Å². The molecule has 28 heavy (non-hydrogen) atoms. The Balaban J connectivity index is 1.84. The number of hydrogen-bond acceptors (Lipinski definition) is 2. The van der Waals surface area contributed by atoms with Crippen molar-refractivity contribution in [2.45, 2.75) is 30.5 Å². The molecule has 0 saturated heterocycles. The number of carboxylic acid groups (broad SMARTS) is 1. The second kappa shape index (κ2) is 6.88. The number of benzene rings is 2. The normalized spacial score (nSPS) is 16.5. The second-order valence-electron chi connectivity index (χ2n) is 6.99. The number of nitrogens with zero attached hydrogens (tertiary/aromatic N) is 1. The van der Waals surface area contributed by atoms with Crippen LogP contribution in [-0.2, 0) is 30.4 Å². The molecular weight excluding hydrogens is 387 g/mol. The first-order valence-corrected chi connectivity index (χ1v) is 10.1. The van der Waals surface area contributed by atoms with Crippen molar-refractivity contribution in [2.24, 2.45) is 5.92 Å². The average Bonchev–Trinajstić information content (AvgIpc) is 3.21. The van der Waals surface area contributed by atoms with Crippen molar-refractivity contribution >= 4 is 28.6 Å². The molecule has 0 bridgehead atoms. The van der Waals surface area contributed by atoms with Gasteiger partial charge in [0.15, 0.2) is 0 Å². The monoisotopic (exact) mass is 405 g/mol. The Morgan fingerprint density at radius 3 is 2.68 bits per heavy atom. The summed E-state index contributed by atoms with van der Waals surface area (Å²) >= 11 is 1.27. The van der Waals surface area contributed by atoms with Gasteiger partial charge in [0.1, 0.15) is 0 Å². The average molecular weight is 405 g/mol. The topological polar surface area (TPSA) is 42.2 Å². The zero-order chi connectivity index (χ0) is 20.1. The lowest BCUT2D eigenvalue weighted by Gasteiger charge is -2.15. The number of para-hydroxylation sites is 1. The van der Waals surface area contributed by atoms with Gasteiger partial charge in [-0.2, -0.15) is 13.2 Å². The molecule has 1 unspecified atom stereocenters. The van der Waals surface area contributed by atoms with Gasteiger partial charge in [-0.25, -0.2) is 0 Å². The number of halogens is 3. The van der Waals surface area contributed by atoms with E-state index in [1.165, 1.54) is 23.9 Å². The van der Waals surface area contributed by atoms with Crippen LogP contribution in [0.5, 0.6) is 0 Å². The van der Waals surface area contributed by atoms with E-state index in [9.17, 15) is 23.1 Å². The number of aliphatic carboxylic acids is 1. The Kier molecular flexibility index (Phi) is 4.65. The van der Waals surface area contributed by atoms with E-state index in [-0.39, 0.29) is 12.0 Å². The molecule has 1 aliphatic rings. The quantitative estimate of drug-likeness (QED) is 0.605. The van der Waals surface area contributed by atoms with Crippen molar-refractivity contribution in [1.82, 2.24) is 4.57 Å². The zero-order valence-corrected chi connectivity index (χ0v) is 15.9. The summed E-state index contributed by atoms with van der Waals surface area (Å²) in [5.74, 6) is -1.42. The maximum atomic E-state index is 13.7. The van der Waals surface area contributed by atoms with Crippen LogP contribution in [0.15, 0.2) is 47.4 Å². The molecule has 2 aromatic carbocycles. The van der Waals surface area contributed by atoms with Crippen LogP contribution in [0.4, 0.5) is 13.2 Å². The molecule has 0 fully saturated rings. The first-order chi connectivity index (χ1) is 13.3. The third-order valence-corrected chi connectivity index (χ3v) is 6.10. The van der Waals surface area contributed by atoms with Gasteiger partial charge in [-0.3, -0.25) is 4.79 Å². The van der Waals surface area contributed by atoms with Crippen LogP contribution >= 0.6 is 11.8 Å². The fourth-order valence-electron chi connectivity index (χ4n) is 4.04. The van der Waals surface area contributed by atoms with E-state index >= 15 is 0 Å². The van der Waals surface area contributed by atoms with Crippen LogP contribution in [0.25, 0.3) is 10.9 Å². The molecule has 1 aliphatic heterocycles. The molecule has 0 aliphatic carbocycles. The Hall–Kier alpha value is -2.41. The van der Waals surface area contributed by atoms with E-state index < -0.39 is 23.6 Å². The number of carboxylic acids is 1. The molecule has 0 spiro atoms. The summed E-state index contributed by atoms with van der Waals surface area (Å²) in [6, 6.07) is 12.0. The Labute approximate surface area is 164 Å². The van der Waals surface area contributed by atoms with Crippen molar-refractivity contribution in [3.63, 3.8) is 0 Å². The van der Waals surface area contributed by atoms with Gasteiger partial charge in [0.25, 0.3) is 0 Å². The first kappa shape index (κ1) is 18.9. The van der Waals surface area contributed by atoms with Gasteiger partial charge in [0.2, 0.25) is 0 Å². The van der Waals surface area contributed by atoms with Gasteiger partial charge in [0.05, 0.1) is 11.5 Å². The number of fused-ring (bicyclic) bond motifs is 3. The molecule has 4 rings (SSSR count). The number of thioether (sulfide) groups is 1. The van der Waals surface area contributed by atoms with Gasteiger partial charge < -0.3 is 9.67 Å². The highest BCUT2D eigenvalue weighted by molar-refractivity contribution is 7.98. The predicted molar refractivity (Wildman–Crippen MR) is 103 cm³/mol. The second-order valence-corrected chi connectivity index (χ2v) is 7.87. The maximum Gasteiger partial charge on any atom is 0.416 e. The highest BCUT2D eigenvalue weighted by Gasteiger charge is 2.35. The summed E-state index contributed by atoms with van der Waals surface area (Å²) in [6.07, 6.45) is -2.24. The Morgan fingerprint density at radius 1 is 1.25 bits per heavy atom. The van der Waals surface area contributed by atoms with Crippen LogP contribution in [0.3, 0.4) is 0 Å². The fourth-order valence-corrected chi connectivity index (χ4v) is 4.48. The van der Waals surface area contributed by atoms with Gasteiger partial charge in [-0.05, 0) is 35.6 Å². The molecule has 3 nitrogen and oxygen atoms in total. The summed E-state index contributed by atoms with van der Waals surface area (Å²) in [5, 5.41) is 10.3. The highest BCUT2D eigenvalue weighted by Crippen LogP contribution is 2.39. The van der Waals surface area contributed by atoms with E-state index in [1.807, 2.05) is 28.8 Å². The minimum atomic E-state index is -4.44. The molecule has 3 aromatic rings. The number of carbonyl (C=O) groups is 1. The minimum absolute atomic E-state index is 0.124. The molecule has 0 amide bonds. The van der Waals surface area contributed by atoms with Crippen LogP contribution < -0.4 is 0 Å². The summed E-state index contributed by atoms with van der Waals surface area (Å²) in [7, 11) is 0. The summed E-state index contributed by atoms with van der Waals surface area (Å²) in [5.41, 5.74) is 2.09. The third-order valence-electron chi connectivity index (χ3n) is 5.38. The third kappa shape index (κ3) is 3.17. The SMILES string of the molecule is CSc1ccc(Cc2c3n(c4ccccc24)CC(C(=O)O)C3)c(C(F)(F)F)c1. The zero-order valence-electron chi connectivity index (χ0n) is 15.1. The van der Waals surface area contributed by atoms with Gasteiger partial charge in [0, 0.05) is 40.9 Å². The van der Waals surface area contributed by atoms with Gasteiger partial charge in [-0.1, -0.05) is 24.3 Å². The lowest BCUT2D eigenvalue weighted by atomic mass is 9.95. The summed E-state index contributed by atoms with van der Waals surface area (Å²) in [4.78, 5) is 12.0. The molecule has 1 aromatic heterocycles. The van der Waals surface area contributed by atoms with Crippen LogP contribution in [0, 0.1) is 5.92 Å². The number of rotatable bonds is 4. The molecule has 1 N–H and O–H groups in total. The standard InChI is InChI=1S/C21H18F3NO2S/c1-28-14-7-6-12(17(10-14)21(22,23)24)8-16-15-4-2-3-5-18(15)25-11-13(20(26)27)9-19(16)25/h2-7,10,13H,8-9,11H2,1H3,(H,26,27). The van der Waals surface area contributed by atoms with Gasteiger partial charge in [-0.15, -0.1) is 11.8 Å². The van der Waals surface area contributed by atoms with Crippen molar-refractivity contribution in [3.8, 4) is 0 Å². The number of alkyl halides is 3. The molecule has 1 atom stereocenters. The first-order valence-electron chi connectivity index (χ1n) is 8.85. The maximum absolute atomic E-state index is 13.7. The molecule has 2 heterocycles. The van der Waals surface area contributed by atoms with Gasteiger partial charge >= 0.3 is 12.1 Å². The molecule has 7 heteroatoms. The molecule has 0 saturated carbocycles. The lowest BCUT2D eigenvalue weighted by molar-refractivity contribution is -0.141. The summed E-state index contributed by atoms with van der Waals surface area (Å²) < 4.78 is 42.9. The summed E-state index contributed by atoms with van der Waals surface area (Å²) in [6.45, 7) is 0.350. The largest absolute Gasteiger partial charge is 0.481 e. The van der Waals surface area contributed by atoms with Crippen molar-refractivity contribution in [1.29, 1.82) is 0 Å². The van der Waals surface area contributed by atoms with E-state index in [0.717, 1.165) is 22.2 Å². The molecule has 146 valence electrons. The van der Waals surface area contributed by atoms with E-state index in [1.54, 1.807) is 12.3 Å². The predicted octanol–water partition coefficient (Wildman–Crippen LogP) is 5.23. The Morgan fingerprint density at radius 2 is 2.00 bits per heavy atom. The van der Waals surface area contributed by atoms with E-state index in [4.69, 9.17) is 0 Å². The van der Waals surface area contributed by atoms with Crippen LogP contribution in [-0.4, -0.2) is 21.9 Å². The lowest BCUT2D eigenvalue weighted by Crippen LogP contribution is -2.15. The Bertz CT molecular complexity index is 1070. The molecule has 0 radical (unpaired) electrons. The number of hydrogen-bond donors (Lipinski definition) is 1. The fraction of sp³-hybridized carbons (Fsp3) is 0.286. The van der Waals surface area contributed by atoms with Crippen molar-refractivity contribution < 1.29 is 23.1 Å². The number of aromatic nitrogens is 1. The van der Waals surface area contributed by atoms with E-state index in [0.29, 0.717) is 17.9 Å². The minimum Gasteiger partial charge on any atom is -0.481 e.